The lowest BCUT2D eigenvalue weighted by Crippen LogP contribution is -2.37. The molecule has 1 fully saturated rings. The molecule has 2 aliphatic rings. The monoisotopic (exact) mass is 257 g/mol. The number of nitrogens with zero attached hydrogens (tertiary/aromatic N) is 1. The molecule has 0 radical (unpaired) electrons. The molecule has 2 aliphatic carbocycles. The lowest BCUT2D eigenvalue weighted by atomic mass is 9.60. The van der Waals surface area contributed by atoms with Gasteiger partial charge in [0.1, 0.15) is 0 Å². The number of rotatable bonds is 6. The summed E-state index contributed by atoms with van der Waals surface area (Å²) in [6, 6.07) is 2.82. The van der Waals surface area contributed by atoms with Crippen LogP contribution in [0.25, 0.3) is 0 Å². The van der Waals surface area contributed by atoms with E-state index in [4.69, 9.17) is 0 Å². The minimum Gasteiger partial charge on any atom is -0.197 e. The van der Waals surface area contributed by atoms with Gasteiger partial charge in [0, 0.05) is 0 Å². The van der Waals surface area contributed by atoms with Gasteiger partial charge in [-0.3, -0.25) is 0 Å². The minimum absolute atomic E-state index is 0.200. The molecule has 0 aliphatic heterocycles. The van der Waals surface area contributed by atoms with Crippen LogP contribution in [-0.4, -0.2) is 0 Å². The van der Waals surface area contributed by atoms with Gasteiger partial charge in [0.05, 0.1) is 11.5 Å². The summed E-state index contributed by atoms with van der Waals surface area (Å²) in [7, 11) is 0. The summed E-state index contributed by atoms with van der Waals surface area (Å²) >= 11 is 0. The average Bonchev–Trinajstić information content (AvgIpc) is 3.12. The van der Waals surface area contributed by atoms with E-state index in [0.717, 1.165) is 12.8 Å². The van der Waals surface area contributed by atoms with E-state index in [9.17, 15) is 5.26 Å². The van der Waals surface area contributed by atoms with Crippen molar-refractivity contribution in [3.8, 4) is 6.07 Å². The Hall–Kier alpha value is -1.03. The fraction of sp³-hybridized carbons (Fsp3) is 0.722. The van der Waals surface area contributed by atoms with Crippen molar-refractivity contribution in [1.29, 1.82) is 5.26 Å². The van der Waals surface area contributed by atoms with Crippen LogP contribution in [0, 0.1) is 28.6 Å². The first-order valence-electron chi connectivity index (χ1n) is 8.08. The third-order valence-electron chi connectivity index (χ3n) is 5.21. The standard InChI is InChI=1S/C18H27N/c1-3-9-15(4-2)18(14-19,16-10-5-6-11-16)17-12-7-8-13-17/h5,10-11,15,17H,3-4,6-9,12-13H2,1-2H3. The van der Waals surface area contributed by atoms with E-state index in [0.29, 0.717) is 11.8 Å². The molecule has 2 atom stereocenters. The van der Waals surface area contributed by atoms with Crippen LogP contribution in [0.4, 0.5) is 0 Å². The van der Waals surface area contributed by atoms with E-state index in [-0.39, 0.29) is 5.41 Å². The van der Waals surface area contributed by atoms with Crippen molar-refractivity contribution in [3.63, 3.8) is 0 Å². The second-order valence-corrected chi connectivity index (χ2v) is 6.15. The Morgan fingerprint density at radius 3 is 2.58 bits per heavy atom. The summed E-state index contributed by atoms with van der Waals surface area (Å²) in [5.74, 6) is 1.11. The van der Waals surface area contributed by atoms with Crippen LogP contribution < -0.4 is 0 Å². The molecule has 1 nitrogen and oxygen atoms in total. The Morgan fingerprint density at radius 1 is 1.37 bits per heavy atom. The van der Waals surface area contributed by atoms with Gasteiger partial charge in [-0.1, -0.05) is 57.8 Å². The van der Waals surface area contributed by atoms with Crippen molar-refractivity contribution in [3.05, 3.63) is 23.8 Å². The molecule has 19 heavy (non-hydrogen) atoms. The number of allylic oxidation sites excluding steroid dienone is 4. The number of hydrogen-bond acceptors (Lipinski definition) is 1. The minimum atomic E-state index is -0.200. The SMILES string of the molecule is CCCC(CC)C(C#N)(C1=CCC=C1)C1CCCC1. The molecule has 0 aromatic rings. The summed E-state index contributed by atoms with van der Waals surface area (Å²) in [5.41, 5.74) is 1.14. The fourth-order valence-electron chi connectivity index (χ4n) is 4.30. The van der Waals surface area contributed by atoms with E-state index >= 15 is 0 Å². The van der Waals surface area contributed by atoms with Crippen molar-refractivity contribution < 1.29 is 0 Å². The quantitative estimate of drug-likeness (QED) is 0.625. The molecule has 0 heterocycles. The predicted molar refractivity (Wildman–Crippen MR) is 80.5 cm³/mol. The molecule has 0 bridgehead atoms. The first-order chi connectivity index (χ1) is 9.29. The Bertz CT molecular complexity index is 392. The van der Waals surface area contributed by atoms with E-state index in [2.05, 4.69) is 38.1 Å². The third kappa shape index (κ3) is 2.50. The zero-order valence-corrected chi connectivity index (χ0v) is 12.5. The van der Waals surface area contributed by atoms with Crippen LogP contribution >= 0.6 is 0 Å². The van der Waals surface area contributed by atoms with E-state index in [1.54, 1.807) is 0 Å². The van der Waals surface area contributed by atoms with Gasteiger partial charge in [-0.15, -0.1) is 0 Å². The second kappa shape index (κ2) is 6.42. The van der Waals surface area contributed by atoms with E-state index in [1.165, 1.54) is 44.1 Å². The molecule has 2 unspecified atom stereocenters. The zero-order chi connectivity index (χ0) is 13.7. The second-order valence-electron chi connectivity index (χ2n) is 6.15. The predicted octanol–water partition coefficient (Wildman–Crippen LogP) is 5.40. The molecular weight excluding hydrogens is 230 g/mol. The Balaban J connectivity index is 2.39. The van der Waals surface area contributed by atoms with E-state index < -0.39 is 0 Å². The Labute approximate surface area is 118 Å². The molecule has 0 aromatic heterocycles. The molecule has 104 valence electrons. The molecule has 0 N–H and O–H groups in total. The highest BCUT2D eigenvalue weighted by Gasteiger charge is 2.47. The highest BCUT2D eigenvalue weighted by atomic mass is 14.5. The van der Waals surface area contributed by atoms with Crippen molar-refractivity contribution in [2.75, 3.05) is 0 Å². The molecule has 0 aromatic carbocycles. The zero-order valence-electron chi connectivity index (χ0n) is 12.5. The summed E-state index contributed by atoms with van der Waals surface area (Å²) in [5, 5.41) is 10.1. The van der Waals surface area contributed by atoms with Crippen molar-refractivity contribution in [1.82, 2.24) is 0 Å². The van der Waals surface area contributed by atoms with Crippen molar-refractivity contribution in [2.45, 2.75) is 65.2 Å². The summed E-state index contributed by atoms with van der Waals surface area (Å²) in [4.78, 5) is 0. The fourth-order valence-corrected chi connectivity index (χ4v) is 4.30. The van der Waals surface area contributed by atoms with Gasteiger partial charge in [0.15, 0.2) is 0 Å². The largest absolute Gasteiger partial charge is 0.197 e. The van der Waals surface area contributed by atoms with Crippen LogP contribution in [0.5, 0.6) is 0 Å². The van der Waals surface area contributed by atoms with Gasteiger partial charge in [-0.25, -0.2) is 0 Å². The van der Waals surface area contributed by atoms with Gasteiger partial charge in [0.2, 0.25) is 0 Å². The normalized spacial score (nSPS) is 23.9. The lowest BCUT2D eigenvalue weighted by molar-refractivity contribution is 0.172. The van der Waals surface area contributed by atoms with Crippen LogP contribution in [0.1, 0.15) is 65.2 Å². The molecule has 0 amide bonds. The molecule has 2 rings (SSSR count). The van der Waals surface area contributed by atoms with Crippen LogP contribution in [-0.2, 0) is 0 Å². The maximum absolute atomic E-state index is 10.1. The lowest BCUT2D eigenvalue weighted by Gasteiger charge is -2.40. The van der Waals surface area contributed by atoms with E-state index in [1.807, 2.05) is 0 Å². The number of nitriles is 1. The van der Waals surface area contributed by atoms with Crippen LogP contribution in [0.2, 0.25) is 0 Å². The van der Waals surface area contributed by atoms with Gasteiger partial charge in [-0.05, 0) is 43.1 Å². The first-order valence-corrected chi connectivity index (χ1v) is 8.08. The summed E-state index contributed by atoms with van der Waals surface area (Å²) < 4.78 is 0. The smallest absolute Gasteiger partial charge is 0.0875 e. The van der Waals surface area contributed by atoms with Crippen LogP contribution in [0.3, 0.4) is 0 Å². The van der Waals surface area contributed by atoms with Gasteiger partial charge < -0.3 is 0 Å². The molecular formula is C18H27N. The van der Waals surface area contributed by atoms with Crippen molar-refractivity contribution in [2.24, 2.45) is 17.3 Å². The Morgan fingerprint density at radius 2 is 2.11 bits per heavy atom. The van der Waals surface area contributed by atoms with Gasteiger partial charge in [0.25, 0.3) is 0 Å². The van der Waals surface area contributed by atoms with Crippen LogP contribution in [0.15, 0.2) is 23.8 Å². The highest BCUT2D eigenvalue weighted by molar-refractivity contribution is 5.39. The summed E-state index contributed by atoms with van der Waals surface area (Å²) in [6.45, 7) is 4.51. The molecule has 1 heteroatoms. The third-order valence-corrected chi connectivity index (χ3v) is 5.21. The first kappa shape index (κ1) is 14.4. The maximum Gasteiger partial charge on any atom is 0.0875 e. The van der Waals surface area contributed by atoms with Gasteiger partial charge >= 0.3 is 0 Å². The topological polar surface area (TPSA) is 23.8 Å². The molecule has 0 saturated heterocycles. The molecule has 0 spiro atoms. The van der Waals surface area contributed by atoms with Crippen molar-refractivity contribution >= 4 is 0 Å². The van der Waals surface area contributed by atoms with Gasteiger partial charge in [-0.2, -0.15) is 5.26 Å². The average molecular weight is 257 g/mol. The maximum atomic E-state index is 10.1. The summed E-state index contributed by atoms with van der Waals surface area (Å²) in [6.07, 6.45) is 16.4. The Kier molecular flexibility index (Phi) is 4.86. The highest BCUT2D eigenvalue weighted by Crippen LogP contribution is 2.53. The molecule has 1 saturated carbocycles. The number of hydrogen-bond donors (Lipinski definition) is 0.